The lowest BCUT2D eigenvalue weighted by molar-refractivity contribution is 0.231. The maximum atomic E-state index is 11.3. The molecule has 0 aromatic carbocycles. The third-order valence-electron chi connectivity index (χ3n) is 2.05. The number of carbonyl (C=O) groups excluding carboxylic acids is 1. The number of amides is 2. The minimum absolute atomic E-state index is 0. The van der Waals surface area contributed by atoms with Crippen molar-refractivity contribution < 1.29 is 4.79 Å². The molecule has 0 unspecified atom stereocenters. The smallest absolute Gasteiger partial charge is 0.315 e. The molecule has 0 bridgehead atoms. The molecule has 0 spiro atoms. The zero-order chi connectivity index (χ0) is 9.68. The largest absolute Gasteiger partial charge is 0.336 e. The van der Waals surface area contributed by atoms with Crippen molar-refractivity contribution in [3.63, 3.8) is 0 Å². The van der Waals surface area contributed by atoms with Gasteiger partial charge < -0.3 is 16.0 Å². The van der Waals surface area contributed by atoms with Gasteiger partial charge in [-0.25, -0.2) is 4.79 Å². The maximum Gasteiger partial charge on any atom is 0.315 e. The van der Waals surface area contributed by atoms with Crippen LogP contribution in [-0.4, -0.2) is 31.2 Å². The molecule has 5 heteroatoms. The van der Waals surface area contributed by atoms with Crippen molar-refractivity contribution in [2.75, 3.05) is 13.1 Å². The summed E-state index contributed by atoms with van der Waals surface area (Å²) in [5.74, 6) is 0. The summed E-state index contributed by atoms with van der Waals surface area (Å²) in [5, 5.41) is 9.00. The molecule has 3 N–H and O–H groups in total. The Balaban J connectivity index is 0.00000169. The Morgan fingerprint density at radius 3 is 2.71 bits per heavy atom. The monoisotopic (exact) mass is 221 g/mol. The number of nitrogens with one attached hydrogen (secondary N) is 3. The minimum Gasteiger partial charge on any atom is -0.336 e. The van der Waals surface area contributed by atoms with Crippen LogP contribution in [-0.2, 0) is 0 Å². The topological polar surface area (TPSA) is 53.2 Å². The van der Waals surface area contributed by atoms with Gasteiger partial charge in [-0.3, -0.25) is 0 Å². The second-order valence-electron chi connectivity index (χ2n) is 3.82. The third-order valence-corrected chi connectivity index (χ3v) is 2.05. The highest BCUT2D eigenvalue weighted by atomic mass is 35.5. The number of hydrogen-bond acceptors (Lipinski definition) is 2. The molecule has 1 aliphatic heterocycles. The molecule has 1 fully saturated rings. The third kappa shape index (κ3) is 5.29. The number of urea groups is 1. The molecular weight excluding hydrogens is 202 g/mol. The molecule has 4 nitrogen and oxygen atoms in total. The summed E-state index contributed by atoms with van der Waals surface area (Å²) in [7, 11) is 0. The van der Waals surface area contributed by atoms with Gasteiger partial charge in [-0.15, -0.1) is 12.4 Å². The van der Waals surface area contributed by atoms with E-state index in [9.17, 15) is 4.79 Å². The maximum absolute atomic E-state index is 11.3. The molecule has 2 amide bonds. The first-order valence-corrected chi connectivity index (χ1v) is 4.96. The number of hydrogen-bond donors (Lipinski definition) is 3. The Bertz CT molecular complexity index is 169. The average molecular weight is 222 g/mol. The van der Waals surface area contributed by atoms with Gasteiger partial charge in [-0.1, -0.05) is 0 Å². The van der Waals surface area contributed by atoms with E-state index in [4.69, 9.17) is 0 Å². The Morgan fingerprint density at radius 2 is 2.21 bits per heavy atom. The summed E-state index contributed by atoms with van der Waals surface area (Å²) in [6.07, 6.45) is 2.23. The van der Waals surface area contributed by atoms with Crippen LogP contribution in [0.4, 0.5) is 4.79 Å². The molecule has 0 saturated carbocycles. The minimum atomic E-state index is -0.0521. The fraction of sp³-hybridized carbons (Fsp3) is 0.889. The lowest BCUT2D eigenvalue weighted by atomic mass is 10.1. The van der Waals surface area contributed by atoms with Gasteiger partial charge in [-0.05, 0) is 33.2 Å². The summed E-state index contributed by atoms with van der Waals surface area (Å²) in [6.45, 7) is 5.88. The van der Waals surface area contributed by atoms with Gasteiger partial charge in [0, 0.05) is 18.6 Å². The molecule has 1 rings (SSSR count). The number of rotatable bonds is 2. The Kier molecular flexibility index (Phi) is 6.66. The second-order valence-corrected chi connectivity index (χ2v) is 3.82. The zero-order valence-corrected chi connectivity index (χ0v) is 9.62. The van der Waals surface area contributed by atoms with Crippen molar-refractivity contribution >= 4 is 18.4 Å². The van der Waals surface area contributed by atoms with Crippen LogP contribution >= 0.6 is 12.4 Å². The van der Waals surface area contributed by atoms with Gasteiger partial charge in [0.2, 0.25) is 0 Å². The van der Waals surface area contributed by atoms with Gasteiger partial charge in [0.15, 0.2) is 0 Å². The highest BCUT2D eigenvalue weighted by Gasteiger charge is 2.14. The molecule has 1 saturated heterocycles. The van der Waals surface area contributed by atoms with Crippen molar-refractivity contribution in [1.29, 1.82) is 0 Å². The molecule has 84 valence electrons. The molecule has 0 aliphatic carbocycles. The van der Waals surface area contributed by atoms with Crippen LogP contribution in [0.1, 0.15) is 26.7 Å². The van der Waals surface area contributed by atoms with Crippen molar-refractivity contribution in [3.8, 4) is 0 Å². The van der Waals surface area contributed by atoms with E-state index >= 15 is 0 Å². The molecule has 1 heterocycles. The Morgan fingerprint density at radius 1 is 1.50 bits per heavy atom. The molecule has 14 heavy (non-hydrogen) atoms. The highest BCUT2D eigenvalue weighted by molar-refractivity contribution is 5.85. The van der Waals surface area contributed by atoms with Crippen molar-refractivity contribution in [2.45, 2.75) is 38.8 Å². The number of halogens is 1. The summed E-state index contributed by atoms with van der Waals surface area (Å²) in [5.41, 5.74) is 0. The number of piperidine rings is 1. The second kappa shape index (κ2) is 6.90. The fourth-order valence-corrected chi connectivity index (χ4v) is 1.46. The first kappa shape index (κ1) is 13.5. The molecule has 1 aliphatic rings. The van der Waals surface area contributed by atoms with E-state index in [1.165, 1.54) is 0 Å². The van der Waals surface area contributed by atoms with Crippen LogP contribution in [0.15, 0.2) is 0 Å². The standard InChI is InChI=1S/C9H19N3O.ClH/c1-7(2)11-9(13)12-8-4-3-5-10-6-8;/h7-8,10H,3-6H2,1-2H3,(H2,11,12,13);1H/t8-;/m1./s1. The van der Waals surface area contributed by atoms with Crippen LogP contribution in [0.25, 0.3) is 0 Å². The molecular formula is C9H20ClN3O. The highest BCUT2D eigenvalue weighted by Crippen LogP contribution is 2.00. The van der Waals surface area contributed by atoms with Crippen molar-refractivity contribution in [2.24, 2.45) is 0 Å². The molecule has 0 radical (unpaired) electrons. The van der Waals surface area contributed by atoms with Crippen molar-refractivity contribution in [3.05, 3.63) is 0 Å². The summed E-state index contributed by atoms with van der Waals surface area (Å²) in [4.78, 5) is 11.3. The van der Waals surface area contributed by atoms with Gasteiger partial charge in [0.1, 0.15) is 0 Å². The lowest BCUT2D eigenvalue weighted by Gasteiger charge is -2.24. The molecule has 1 atom stereocenters. The van der Waals surface area contributed by atoms with E-state index in [0.29, 0.717) is 6.04 Å². The van der Waals surface area contributed by atoms with E-state index in [-0.39, 0.29) is 24.5 Å². The van der Waals surface area contributed by atoms with Crippen LogP contribution < -0.4 is 16.0 Å². The fourth-order valence-electron chi connectivity index (χ4n) is 1.46. The van der Waals surface area contributed by atoms with Crippen LogP contribution in [0.5, 0.6) is 0 Å². The molecule has 0 aromatic heterocycles. The van der Waals surface area contributed by atoms with E-state index < -0.39 is 0 Å². The summed E-state index contributed by atoms with van der Waals surface area (Å²) < 4.78 is 0. The van der Waals surface area contributed by atoms with Crippen LogP contribution in [0.3, 0.4) is 0 Å². The van der Waals surface area contributed by atoms with Gasteiger partial charge in [0.25, 0.3) is 0 Å². The van der Waals surface area contributed by atoms with E-state index in [0.717, 1.165) is 25.9 Å². The average Bonchev–Trinajstić information content (AvgIpc) is 2.04. The normalized spacial score (nSPS) is 21.2. The van der Waals surface area contributed by atoms with Crippen molar-refractivity contribution in [1.82, 2.24) is 16.0 Å². The van der Waals surface area contributed by atoms with E-state index in [1.54, 1.807) is 0 Å². The molecule has 0 aromatic rings. The zero-order valence-electron chi connectivity index (χ0n) is 8.80. The van der Waals surface area contributed by atoms with Gasteiger partial charge in [0.05, 0.1) is 0 Å². The quantitative estimate of drug-likeness (QED) is 0.648. The van der Waals surface area contributed by atoms with E-state index in [1.807, 2.05) is 13.8 Å². The number of carbonyl (C=O) groups is 1. The first-order chi connectivity index (χ1) is 6.18. The van der Waals surface area contributed by atoms with Gasteiger partial charge >= 0.3 is 6.03 Å². The van der Waals surface area contributed by atoms with E-state index in [2.05, 4.69) is 16.0 Å². The van der Waals surface area contributed by atoms with Crippen LogP contribution in [0.2, 0.25) is 0 Å². The Labute approximate surface area is 91.6 Å². The predicted molar refractivity (Wildman–Crippen MR) is 59.9 cm³/mol. The Hall–Kier alpha value is -0.480. The predicted octanol–water partition coefficient (Wildman–Crippen LogP) is 0.868. The summed E-state index contributed by atoms with van der Waals surface area (Å²) >= 11 is 0. The summed E-state index contributed by atoms with van der Waals surface area (Å²) in [6, 6.07) is 0.452. The SMILES string of the molecule is CC(C)NC(=O)N[C@@H]1CCCNC1.Cl. The lowest BCUT2D eigenvalue weighted by Crippen LogP contribution is -2.50. The van der Waals surface area contributed by atoms with Crippen LogP contribution in [0, 0.1) is 0 Å². The first-order valence-electron chi connectivity index (χ1n) is 4.96. The van der Waals surface area contributed by atoms with Gasteiger partial charge in [-0.2, -0.15) is 0 Å².